The Balaban J connectivity index is 3.38. The second-order valence-corrected chi connectivity index (χ2v) is 3.11. The van der Waals surface area contributed by atoms with Gasteiger partial charge >= 0.3 is 5.97 Å². The summed E-state index contributed by atoms with van der Waals surface area (Å²) >= 11 is 0. The van der Waals surface area contributed by atoms with Gasteiger partial charge in [0.25, 0.3) is 0 Å². The highest BCUT2D eigenvalue weighted by molar-refractivity contribution is 5.72. The van der Waals surface area contributed by atoms with Crippen molar-refractivity contribution in [3.63, 3.8) is 0 Å². The number of esters is 1. The molecule has 0 radical (unpaired) electrons. The Morgan fingerprint density at radius 3 is 2.47 bits per heavy atom. The van der Waals surface area contributed by atoms with Gasteiger partial charge in [-0.25, -0.2) is 0 Å². The van der Waals surface area contributed by atoms with Gasteiger partial charge in [0.15, 0.2) is 0 Å². The van der Waals surface area contributed by atoms with E-state index >= 15 is 0 Å². The number of carbonyl (C=O) groups is 1. The van der Waals surface area contributed by atoms with Crippen LogP contribution < -0.4 is 5.73 Å². The number of ether oxygens (including phenoxy) is 3. The first-order valence-corrected chi connectivity index (χ1v) is 5.19. The first kappa shape index (κ1) is 14.3. The van der Waals surface area contributed by atoms with Gasteiger partial charge in [-0.3, -0.25) is 4.79 Å². The first-order valence-electron chi connectivity index (χ1n) is 5.19. The fourth-order valence-corrected chi connectivity index (χ4v) is 0.993. The highest BCUT2D eigenvalue weighted by atomic mass is 16.6. The third-order valence-corrected chi connectivity index (χ3v) is 2.01. The summed E-state index contributed by atoms with van der Waals surface area (Å²) in [4.78, 5) is 11.3. The minimum atomic E-state index is -0.240. The third kappa shape index (κ3) is 7.30. The second-order valence-electron chi connectivity index (χ2n) is 3.11. The summed E-state index contributed by atoms with van der Waals surface area (Å²) in [6, 6.07) is 0. The fourth-order valence-electron chi connectivity index (χ4n) is 0.993. The van der Waals surface area contributed by atoms with Crippen LogP contribution in [-0.2, 0) is 19.0 Å². The van der Waals surface area contributed by atoms with Gasteiger partial charge in [0.2, 0.25) is 0 Å². The van der Waals surface area contributed by atoms with Crippen LogP contribution in [0.5, 0.6) is 0 Å². The van der Waals surface area contributed by atoms with Crippen LogP contribution in [0.25, 0.3) is 0 Å². The van der Waals surface area contributed by atoms with Crippen molar-refractivity contribution in [3.8, 4) is 0 Å². The van der Waals surface area contributed by atoms with Crippen LogP contribution in [0.4, 0.5) is 0 Å². The van der Waals surface area contributed by atoms with Crippen LogP contribution in [0.3, 0.4) is 0 Å². The van der Waals surface area contributed by atoms with Gasteiger partial charge in [0.1, 0.15) is 6.61 Å². The third-order valence-electron chi connectivity index (χ3n) is 2.01. The molecule has 0 rings (SSSR count). The Kier molecular flexibility index (Phi) is 9.46. The lowest BCUT2D eigenvalue weighted by molar-refractivity contribution is -0.149. The van der Waals surface area contributed by atoms with Crippen LogP contribution in [0.2, 0.25) is 0 Å². The molecule has 0 saturated carbocycles. The number of rotatable bonds is 9. The van der Waals surface area contributed by atoms with E-state index in [1.165, 1.54) is 0 Å². The Hall–Kier alpha value is -0.650. The van der Waals surface area contributed by atoms with Crippen LogP contribution in [-0.4, -0.2) is 46.1 Å². The normalized spacial score (nSPS) is 12.5. The quantitative estimate of drug-likeness (QED) is 0.442. The molecule has 0 aliphatic heterocycles. The van der Waals surface area contributed by atoms with E-state index in [2.05, 4.69) is 0 Å². The van der Waals surface area contributed by atoms with E-state index in [9.17, 15) is 4.79 Å². The molecule has 0 amide bonds. The molecule has 0 aromatic heterocycles. The maximum Gasteiger partial charge on any atom is 0.310 e. The summed E-state index contributed by atoms with van der Waals surface area (Å²) in [5.41, 5.74) is 5.41. The summed E-state index contributed by atoms with van der Waals surface area (Å²) < 4.78 is 14.9. The van der Waals surface area contributed by atoms with Crippen LogP contribution in [0.15, 0.2) is 0 Å². The summed E-state index contributed by atoms with van der Waals surface area (Å²) in [5, 5.41) is 0. The molecule has 0 heterocycles. The van der Waals surface area contributed by atoms with E-state index in [1.54, 1.807) is 7.11 Å². The van der Waals surface area contributed by atoms with E-state index in [-0.39, 0.29) is 18.5 Å². The predicted molar refractivity (Wildman–Crippen MR) is 56.5 cm³/mol. The van der Waals surface area contributed by atoms with Crippen molar-refractivity contribution in [1.82, 2.24) is 0 Å². The molecule has 1 unspecified atom stereocenters. The molecular weight excluding hydrogens is 198 g/mol. The molecule has 0 aliphatic rings. The zero-order valence-corrected chi connectivity index (χ0v) is 9.53. The largest absolute Gasteiger partial charge is 0.463 e. The van der Waals surface area contributed by atoms with Gasteiger partial charge in [0, 0.05) is 13.7 Å². The SMILES string of the molecule is CCC(CN)C(=O)OCCOCCOC. The van der Waals surface area contributed by atoms with Crippen LogP contribution >= 0.6 is 0 Å². The molecule has 0 fully saturated rings. The highest BCUT2D eigenvalue weighted by Gasteiger charge is 2.15. The van der Waals surface area contributed by atoms with Gasteiger partial charge in [-0.15, -0.1) is 0 Å². The molecule has 90 valence electrons. The van der Waals surface area contributed by atoms with Crippen molar-refractivity contribution >= 4 is 5.97 Å². The van der Waals surface area contributed by atoms with Crippen molar-refractivity contribution in [2.75, 3.05) is 40.1 Å². The van der Waals surface area contributed by atoms with Gasteiger partial charge in [-0.1, -0.05) is 6.92 Å². The molecule has 0 spiro atoms. The fraction of sp³-hybridized carbons (Fsp3) is 0.900. The molecular formula is C10H21NO4. The molecule has 0 aromatic rings. The topological polar surface area (TPSA) is 70.8 Å². The summed E-state index contributed by atoms with van der Waals surface area (Å²) in [6.07, 6.45) is 0.708. The smallest absolute Gasteiger partial charge is 0.310 e. The Morgan fingerprint density at radius 2 is 1.93 bits per heavy atom. The van der Waals surface area contributed by atoms with E-state index in [0.29, 0.717) is 32.8 Å². The average Bonchev–Trinajstić information content (AvgIpc) is 2.25. The van der Waals surface area contributed by atoms with E-state index in [4.69, 9.17) is 19.9 Å². The number of carbonyl (C=O) groups excluding carboxylic acids is 1. The van der Waals surface area contributed by atoms with Crippen LogP contribution in [0, 0.1) is 5.92 Å². The van der Waals surface area contributed by atoms with Crippen molar-refractivity contribution in [3.05, 3.63) is 0 Å². The minimum Gasteiger partial charge on any atom is -0.463 e. The van der Waals surface area contributed by atoms with Crippen molar-refractivity contribution in [2.45, 2.75) is 13.3 Å². The molecule has 1 atom stereocenters. The molecule has 0 saturated heterocycles. The van der Waals surface area contributed by atoms with Crippen molar-refractivity contribution in [1.29, 1.82) is 0 Å². The molecule has 15 heavy (non-hydrogen) atoms. The monoisotopic (exact) mass is 219 g/mol. The summed E-state index contributed by atoms with van der Waals surface area (Å²) in [6.45, 7) is 3.99. The van der Waals surface area contributed by atoms with Crippen molar-refractivity contribution in [2.24, 2.45) is 11.7 Å². The van der Waals surface area contributed by atoms with E-state index in [1.807, 2.05) is 6.92 Å². The van der Waals surface area contributed by atoms with E-state index < -0.39 is 0 Å². The zero-order valence-electron chi connectivity index (χ0n) is 9.53. The molecule has 2 N–H and O–H groups in total. The maximum atomic E-state index is 11.3. The van der Waals surface area contributed by atoms with Gasteiger partial charge in [-0.2, -0.15) is 0 Å². The molecule has 0 aliphatic carbocycles. The lowest BCUT2D eigenvalue weighted by atomic mass is 10.1. The van der Waals surface area contributed by atoms with Crippen molar-refractivity contribution < 1.29 is 19.0 Å². The average molecular weight is 219 g/mol. The molecule has 0 aromatic carbocycles. The van der Waals surface area contributed by atoms with Crippen LogP contribution in [0.1, 0.15) is 13.3 Å². The Morgan fingerprint density at radius 1 is 1.27 bits per heavy atom. The number of methoxy groups -OCH3 is 1. The molecule has 5 nitrogen and oxygen atoms in total. The van der Waals surface area contributed by atoms with Gasteiger partial charge in [-0.05, 0) is 6.42 Å². The summed E-state index contributed by atoms with van der Waals surface area (Å²) in [7, 11) is 1.61. The number of hydrogen-bond acceptors (Lipinski definition) is 5. The Bertz CT molecular complexity index is 160. The number of nitrogens with two attached hydrogens (primary N) is 1. The number of hydrogen-bond donors (Lipinski definition) is 1. The first-order chi connectivity index (χ1) is 7.26. The predicted octanol–water partition coefficient (Wildman–Crippen LogP) is 0.178. The Labute approximate surface area is 90.9 Å². The lowest BCUT2D eigenvalue weighted by Gasteiger charge is -2.11. The molecule has 5 heteroatoms. The van der Waals surface area contributed by atoms with Gasteiger partial charge < -0.3 is 19.9 Å². The maximum absolute atomic E-state index is 11.3. The van der Waals surface area contributed by atoms with E-state index in [0.717, 1.165) is 0 Å². The highest BCUT2D eigenvalue weighted by Crippen LogP contribution is 2.02. The zero-order chi connectivity index (χ0) is 11.5. The second kappa shape index (κ2) is 9.89. The minimum absolute atomic E-state index is 0.191. The van der Waals surface area contributed by atoms with Gasteiger partial charge in [0.05, 0.1) is 25.7 Å². The lowest BCUT2D eigenvalue weighted by Crippen LogP contribution is -2.26. The molecule has 0 bridgehead atoms. The summed E-state index contributed by atoms with van der Waals surface area (Å²) in [5.74, 6) is -0.431. The standard InChI is InChI=1S/C10H21NO4/c1-3-9(8-11)10(12)15-7-6-14-5-4-13-2/h9H,3-8,11H2,1-2H3.